The Labute approximate surface area is 121 Å². The van der Waals surface area contributed by atoms with Gasteiger partial charge in [0.25, 0.3) is 0 Å². The minimum Gasteiger partial charge on any atom is -0.397 e. The van der Waals surface area contributed by atoms with Crippen LogP contribution in [-0.4, -0.2) is 9.97 Å². The molecule has 1 aromatic heterocycles. The summed E-state index contributed by atoms with van der Waals surface area (Å²) in [6.07, 6.45) is 0. The molecule has 0 aliphatic rings. The molecule has 3 aromatic rings. The quantitative estimate of drug-likeness (QED) is 0.646. The Balaban J connectivity index is 2.30. The van der Waals surface area contributed by atoms with Gasteiger partial charge in [-0.2, -0.15) is 0 Å². The van der Waals surface area contributed by atoms with Gasteiger partial charge in [-0.25, -0.2) is 9.37 Å². The highest BCUT2D eigenvalue weighted by atomic mass is 79.9. The zero-order chi connectivity index (χ0) is 13.6. The van der Waals surface area contributed by atoms with E-state index in [1.807, 2.05) is 0 Å². The van der Waals surface area contributed by atoms with E-state index in [0.717, 1.165) is 0 Å². The van der Waals surface area contributed by atoms with E-state index < -0.39 is 0 Å². The van der Waals surface area contributed by atoms with Crippen LogP contribution in [0.25, 0.3) is 22.4 Å². The summed E-state index contributed by atoms with van der Waals surface area (Å²) in [5.41, 5.74) is 7.93. The summed E-state index contributed by atoms with van der Waals surface area (Å²) < 4.78 is 14.5. The Morgan fingerprint density at radius 1 is 1.32 bits per heavy atom. The van der Waals surface area contributed by atoms with Crippen molar-refractivity contribution in [3.63, 3.8) is 0 Å². The van der Waals surface area contributed by atoms with Crippen LogP contribution in [0.4, 0.5) is 10.1 Å². The zero-order valence-electron chi connectivity index (χ0n) is 9.55. The molecule has 0 spiro atoms. The number of aromatic amines is 1. The molecule has 19 heavy (non-hydrogen) atoms. The topological polar surface area (TPSA) is 54.7 Å². The first kappa shape index (κ1) is 12.4. The van der Waals surface area contributed by atoms with Crippen LogP contribution in [0.5, 0.6) is 0 Å². The number of imidazole rings is 1. The van der Waals surface area contributed by atoms with Crippen molar-refractivity contribution < 1.29 is 4.39 Å². The van der Waals surface area contributed by atoms with Gasteiger partial charge in [0.1, 0.15) is 17.2 Å². The van der Waals surface area contributed by atoms with Crippen LogP contribution in [0.2, 0.25) is 5.02 Å². The molecular formula is C13H8BrClFN3. The fourth-order valence-corrected chi connectivity index (χ4v) is 2.71. The highest BCUT2D eigenvalue weighted by Crippen LogP contribution is 2.32. The van der Waals surface area contributed by atoms with E-state index in [2.05, 4.69) is 25.9 Å². The highest BCUT2D eigenvalue weighted by Gasteiger charge is 2.14. The van der Waals surface area contributed by atoms with E-state index in [-0.39, 0.29) is 5.82 Å². The number of benzene rings is 2. The number of hydrogen-bond acceptors (Lipinski definition) is 2. The second-order valence-electron chi connectivity index (χ2n) is 4.07. The largest absolute Gasteiger partial charge is 0.397 e. The highest BCUT2D eigenvalue weighted by molar-refractivity contribution is 9.10. The molecule has 3 rings (SSSR count). The van der Waals surface area contributed by atoms with Crippen molar-refractivity contribution >= 4 is 44.3 Å². The van der Waals surface area contributed by atoms with E-state index in [0.29, 0.717) is 37.6 Å². The molecule has 1 heterocycles. The number of nitrogen functional groups attached to an aromatic ring is 1. The fourth-order valence-electron chi connectivity index (χ4n) is 1.95. The maximum Gasteiger partial charge on any atom is 0.142 e. The van der Waals surface area contributed by atoms with Crippen LogP contribution < -0.4 is 5.73 Å². The Bertz CT molecular complexity index is 765. The number of aromatic nitrogens is 2. The van der Waals surface area contributed by atoms with Crippen LogP contribution in [0.1, 0.15) is 0 Å². The molecule has 0 unspecified atom stereocenters. The van der Waals surface area contributed by atoms with E-state index in [9.17, 15) is 4.39 Å². The van der Waals surface area contributed by atoms with Gasteiger partial charge >= 0.3 is 0 Å². The maximum absolute atomic E-state index is 13.9. The second kappa shape index (κ2) is 4.51. The molecule has 0 saturated carbocycles. The third kappa shape index (κ3) is 2.09. The van der Waals surface area contributed by atoms with Crippen LogP contribution in [-0.2, 0) is 0 Å². The zero-order valence-corrected chi connectivity index (χ0v) is 11.9. The summed E-state index contributed by atoms with van der Waals surface area (Å²) in [5.74, 6) is 0.0482. The van der Waals surface area contributed by atoms with Crippen molar-refractivity contribution in [3.05, 3.63) is 45.6 Å². The molecular weight excluding hydrogens is 333 g/mol. The third-order valence-electron chi connectivity index (χ3n) is 2.78. The number of rotatable bonds is 1. The number of fused-ring (bicyclic) bond motifs is 1. The van der Waals surface area contributed by atoms with Gasteiger partial charge in [0.05, 0.1) is 16.8 Å². The molecule has 0 radical (unpaired) electrons. The average Bonchev–Trinajstić information content (AvgIpc) is 2.72. The van der Waals surface area contributed by atoms with Crippen molar-refractivity contribution in [2.45, 2.75) is 0 Å². The van der Waals surface area contributed by atoms with Gasteiger partial charge in [0.15, 0.2) is 0 Å². The first-order valence-corrected chi connectivity index (χ1v) is 6.62. The van der Waals surface area contributed by atoms with Crippen molar-refractivity contribution in [1.82, 2.24) is 9.97 Å². The Morgan fingerprint density at radius 2 is 2.11 bits per heavy atom. The molecule has 0 amide bonds. The number of anilines is 1. The summed E-state index contributed by atoms with van der Waals surface area (Å²) in [5, 5.41) is 0.507. The number of hydrogen-bond donors (Lipinski definition) is 2. The summed E-state index contributed by atoms with van der Waals surface area (Å²) in [7, 11) is 0. The molecule has 96 valence electrons. The molecule has 0 atom stereocenters. The molecule has 6 heteroatoms. The predicted molar refractivity (Wildman–Crippen MR) is 78.6 cm³/mol. The number of nitrogens with two attached hydrogens (primary N) is 1. The smallest absolute Gasteiger partial charge is 0.142 e. The van der Waals surface area contributed by atoms with Gasteiger partial charge in [-0.3, -0.25) is 0 Å². The lowest BCUT2D eigenvalue weighted by Gasteiger charge is -2.01. The van der Waals surface area contributed by atoms with Crippen LogP contribution in [0.3, 0.4) is 0 Å². The summed E-state index contributed by atoms with van der Waals surface area (Å²) >= 11 is 9.25. The Morgan fingerprint density at radius 3 is 2.84 bits per heavy atom. The van der Waals surface area contributed by atoms with E-state index in [1.54, 1.807) is 24.3 Å². The maximum atomic E-state index is 13.9. The standard InChI is InChI=1S/C13H8BrClFN3/c14-7-2-1-3-8(16)11(7)13-18-10-5-6(15)4-9(17)12(10)19-13/h1-5H,17H2,(H,18,19). The summed E-state index contributed by atoms with van der Waals surface area (Å²) in [6.45, 7) is 0. The molecule has 3 nitrogen and oxygen atoms in total. The van der Waals surface area contributed by atoms with Gasteiger partial charge in [-0.15, -0.1) is 0 Å². The number of halogens is 3. The first-order valence-electron chi connectivity index (χ1n) is 5.45. The Kier molecular flexibility index (Phi) is 2.95. The SMILES string of the molecule is Nc1cc(Cl)cc2[nH]c(-c3c(F)cccc3Br)nc12. The number of nitrogens with zero attached hydrogens (tertiary/aromatic N) is 1. The van der Waals surface area contributed by atoms with Gasteiger partial charge in [0.2, 0.25) is 0 Å². The van der Waals surface area contributed by atoms with Crippen LogP contribution in [0.15, 0.2) is 34.8 Å². The number of nitrogens with one attached hydrogen (secondary N) is 1. The van der Waals surface area contributed by atoms with Gasteiger partial charge < -0.3 is 10.7 Å². The van der Waals surface area contributed by atoms with Crippen molar-refractivity contribution in [2.75, 3.05) is 5.73 Å². The molecule has 3 N–H and O–H groups in total. The summed E-state index contributed by atoms with van der Waals surface area (Å²) in [4.78, 5) is 7.37. The van der Waals surface area contributed by atoms with Crippen LogP contribution >= 0.6 is 27.5 Å². The molecule has 2 aromatic carbocycles. The third-order valence-corrected chi connectivity index (χ3v) is 3.66. The fraction of sp³-hybridized carbons (Fsp3) is 0. The van der Waals surface area contributed by atoms with Crippen molar-refractivity contribution in [3.8, 4) is 11.4 Å². The second-order valence-corrected chi connectivity index (χ2v) is 5.36. The molecule has 0 aliphatic carbocycles. The van der Waals surface area contributed by atoms with E-state index >= 15 is 0 Å². The predicted octanol–water partition coefficient (Wildman–Crippen LogP) is 4.37. The summed E-state index contributed by atoms with van der Waals surface area (Å²) in [6, 6.07) is 8.08. The lowest BCUT2D eigenvalue weighted by Crippen LogP contribution is -1.88. The first-order chi connectivity index (χ1) is 9.06. The average molecular weight is 341 g/mol. The monoisotopic (exact) mass is 339 g/mol. The molecule has 0 bridgehead atoms. The lowest BCUT2D eigenvalue weighted by molar-refractivity contribution is 0.629. The van der Waals surface area contributed by atoms with E-state index in [4.69, 9.17) is 17.3 Å². The molecule has 0 aliphatic heterocycles. The lowest BCUT2D eigenvalue weighted by atomic mass is 10.2. The van der Waals surface area contributed by atoms with Crippen molar-refractivity contribution in [2.24, 2.45) is 0 Å². The minimum absolute atomic E-state index is 0.363. The van der Waals surface area contributed by atoms with E-state index in [1.165, 1.54) is 6.07 Å². The van der Waals surface area contributed by atoms with Crippen LogP contribution in [0, 0.1) is 5.82 Å². The van der Waals surface area contributed by atoms with Crippen molar-refractivity contribution in [1.29, 1.82) is 0 Å². The van der Waals surface area contributed by atoms with Gasteiger partial charge in [-0.1, -0.05) is 17.7 Å². The Hall–Kier alpha value is -1.59. The number of H-pyrrole nitrogens is 1. The minimum atomic E-state index is -0.363. The molecule has 0 saturated heterocycles. The van der Waals surface area contributed by atoms with Gasteiger partial charge in [-0.05, 0) is 40.2 Å². The molecule has 0 fully saturated rings. The van der Waals surface area contributed by atoms with Gasteiger partial charge in [0, 0.05) is 9.50 Å². The normalized spacial score (nSPS) is 11.1.